The Morgan fingerprint density at radius 1 is 0.812 bits per heavy atom. The first kappa shape index (κ1) is 21.2. The van der Waals surface area contributed by atoms with Gasteiger partial charge in [-0.3, -0.25) is 9.59 Å². The molecule has 0 aliphatic carbocycles. The van der Waals surface area contributed by atoms with Gasteiger partial charge in [-0.1, -0.05) is 48.5 Å². The van der Waals surface area contributed by atoms with Crippen molar-refractivity contribution in [3.63, 3.8) is 0 Å². The smallest absolute Gasteiger partial charge is 0.406 e. The molecule has 5 nitrogen and oxygen atoms in total. The van der Waals surface area contributed by atoms with Crippen LogP contribution in [-0.4, -0.2) is 18.2 Å². The fourth-order valence-corrected chi connectivity index (χ4v) is 3.44. The van der Waals surface area contributed by atoms with Crippen LogP contribution in [0.15, 0.2) is 84.6 Å². The minimum Gasteiger partial charge on any atom is -0.406 e. The third kappa shape index (κ3) is 4.20. The maximum Gasteiger partial charge on any atom is 0.573 e. The number of anilines is 2. The molecule has 1 N–H and O–H groups in total. The quantitative estimate of drug-likeness (QED) is 0.550. The number of halogens is 3. The number of rotatable bonds is 5. The summed E-state index contributed by atoms with van der Waals surface area (Å²) >= 11 is 0. The molecule has 162 valence electrons. The fourth-order valence-electron chi connectivity index (χ4n) is 3.44. The molecule has 1 aliphatic heterocycles. The summed E-state index contributed by atoms with van der Waals surface area (Å²) in [6.07, 6.45) is -4.81. The summed E-state index contributed by atoms with van der Waals surface area (Å²) < 4.78 is 41.1. The standard InChI is InChI=1S/C24H17F3N2O3/c1-15-7-5-6-10-19(15)29-22(30)20(16-8-3-2-4-9-16)21(23(29)31)28-17-11-13-18(14-12-17)32-24(25,26)27/h2-14,28H,1H3. The molecule has 3 aromatic rings. The minimum absolute atomic E-state index is 0.0361. The van der Waals surface area contributed by atoms with E-state index in [1.54, 1.807) is 61.5 Å². The maximum atomic E-state index is 13.3. The van der Waals surface area contributed by atoms with E-state index in [0.29, 0.717) is 16.9 Å². The van der Waals surface area contributed by atoms with Crippen molar-refractivity contribution in [2.24, 2.45) is 0 Å². The van der Waals surface area contributed by atoms with Gasteiger partial charge in [-0.15, -0.1) is 13.2 Å². The van der Waals surface area contributed by atoms with Gasteiger partial charge in [-0.2, -0.15) is 0 Å². The predicted molar refractivity (Wildman–Crippen MR) is 114 cm³/mol. The summed E-state index contributed by atoms with van der Waals surface area (Å²) in [6, 6.07) is 20.6. The van der Waals surface area contributed by atoms with Gasteiger partial charge in [0.05, 0.1) is 11.3 Å². The molecular formula is C24H17F3N2O3. The number of carbonyl (C=O) groups is 2. The molecule has 0 aromatic heterocycles. The number of para-hydroxylation sites is 1. The van der Waals surface area contributed by atoms with Crippen molar-refractivity contribution in [3.8, 4) is 5.75 Å². The van der Waals surface area contributed by atoms with Crippen LogP contribution in [0.5, 0.6) is 5.75 Å². The Bertz CT molecular complexity index is 1200. The number of aryl methyl sites for hydroxylation is 1. The summed E-state index contributed by atoms with van der Waals surface area (Å²) in [5.74, 6) is -1.44. The van der Waals surface area contributed by atoms with Gasteiger partial charge in [-0.05, 0) is 48.4 Å². The second-order valence-electron chi connectivity index (χ2n) is 7.05. The van der Waals surface area contributed by atoms with E-state index in [1.807, 2.05) is 0 Å². The first-order valence-corrected chi connectivity index (χ1v) is 9.61. The van der Waals surface area contributed by atoms with E-state index in [9.17, 15) is 22.8 Å². The van der Waals surface area contributed by atoms with E-state index in [0.717, 1.165) is 22.6 Å². The molecule has 1 heterocycles. The Balaban J connectivity index is 1.73. The van der Waals surface area contributed by atoms with Crippen LogP contribution in [0.3, 0.4) is 0 Å². The molecule has 0 saturated carbocycles. The Hall–Kier alpha value is -4.07. The van der Waals surface area contributed by atoms with Crippen molar-refractivity contribution < 1.29 is 27.5 Å². The van der Waals surface area contributed by atoms with Crippen molar-refractivity contribution >= 4 is 28.8 Å². The predicted octanol–water partition coefficient (Wildman–Crippen LogP) is 5.29. The van der Waals surface area contributed by atoms with Crippen LogP contribution < -0.4 is 15.0 Å². The lowest BCUT2D eigenvalue weighted by atomic mass is 10.0. The number of ether oxygens (including phenoxy) is 1. The normalized spacial score (nSPS) is 14.2. The molecular weight excluding hydrogens is 421 g/mol. The number of imide groups is 1. The molecule has 1 aliphatic rings. The van der Waals surface area contributed by atoms with Crippen molar-refractivity contribution in [3.05, 3.63) is 95.7 Å². The number of carbonyl (C=O) groups excluding carboxylic acids is 2. The number of hydrogen-bond acceptors (Lipinski definition) is 4. The molecule has 0 unspecified atom stereocenters. The molecule has 0 fully saturated rings. The molecule has 0 saturated heterocycles. The third-order valence-corrected chi connectivity index (χ3v) is 4.86. The van der Waals surface area contributed by atoms with Crippen molar-refractivity contribution in [2.45, 2.75) is 13.3 Å². The second kappa shape index (κ2) is 8.22. The van der Waals surface area contributed by atoms with Crippen molar-refractivity contribution in [1.82, 2.24) is 0 Å². The van der Waals surface area contributed by atoms with Crippen LogP contribution in [0.4, 0.5) is 24.5 Å². The van der Waals surface area contributed by atoms with Gasteiger partial charge in [0.25, 0.3) is 11.8 Å². The van der Waals surface area contributed by atoms with Gasteiger partial charge in [0.2, 0.25) is 0 Å². The average Bonchev–Trinajstić information content (AvgIpc) is 2.99. The first-order chi connectivity index (χ1) is 15.2. The lowest BCUT2D eigenvalue weighted by Crippen LogP contribution is -2.33. The molecule has 0 radical (unpaired) electrons. The first-order valence-electron chi connectivity index (χ1n) is 9.61. The lowest BCUT2D eigenvalue weighted by Gasteiger charge is -2.17. The van der Waals surface area contributed by atoms with Crippen LogP contribution in [0.1, 0.15) is 11.1 Å². The monoisotopic (exact) mass is 438 g/mol. The minimum atomic E-state index is -4.81. The highest BCUT2D eigenvalue weighted by Gasteiger charge is 2.40. The zero-order chi connectivity index (χ0) is 22.9. The Morgan fingerprint density at radius 2 is 1.44 bits per heavy atom. The Kier molecular flexibility index (Phi) is 5.44. The second-order valence-corrected chi connectivity index (χ2v) is 7.05. The zero-order valence-electron chi connectivity index (χ0n) is 16.8. The van der Waals surface area contributed by atoms with Crippen LogP contribution in [0, 0.1) is 6.92 Å². The number of amides is 2. The van der Waals surface area contributed by atoms with Gasteiger partial charge < -0.3 is 10.1 Å². The summed E-state index contributed by atoms with van der Waals surface area (Å²) in [5.41, 5.74) is 2.29. The van der Waals surface area contributed by atoms with Crippen LogP contribution >= 0.6 is 0 Å². The van der Waals surface area contributed by atoms with Gasteiger partial charge in [0.15, 0.2) is 0 Å². The topological polar surface area (TPSA) is 58.6 Å². The van der Waals surface area contributed by atoms with Crippen LogP contribution in [-0.2, 0) is 9.59 Å². The van der Waals surface area contributed by atoms with E-state index in [-0.39, 0.29) is 11.3 Å². The molecule has 3 aromatic carbocycles. The Labute approximate surface area is 181 Å². The van der Waals surface area contributed by atoms with Gasteiger partial charge in [0.1, 0.15) is 11.4 Å². The molecule has 4 rings (SSSR count). The van der Waals surface area contributed by atoms with Crippen molar-refractivity contribution in [1.29, 1.82) is 0 Å². The highest BCUT2D eigenvalue weighted by molar-refractivity contribution is 6.46. The fraction of sp³-hybridized carbons (Fsp3) is 0.0833. The van der Waals surface area contributed by atoms with E-state index in [1.165, 1.54) is 12.1 Å². The molecule has 32 heavy (non-hydrogen) atoms. The summed E-state index contributed by atoms with van der Waals surface area (Å²) in [5, 5.41) is 2.91. The van der Waals surface area contributed by atoms with E-state index >= 15 is 0 Å². The van der Waals surface area contributed by atoms with Gasteiger partial charge >= 0.3 is 6.36 Å². The van der Waals surface area contributed by atoms with Gasteiger partial charge in [-0.25, -0.2) is 4.90 Å². The van der Waals surface area contributed by atoms with Crippen LogP contribution in [0.25, 0.3) is 5.57 Å². The molecule has 8 heteroatoms. The lowest BCUT2D eigenvalue weighted by molar-refractivity contribution is -0.274. The molecule has 2 amide bonds. The SMILES string of the molecule is Cc1ccccc1N1C(=O)C(Nc2ccc(OC(F)(F)F)cc2)=C(c2ccccc2)C1=O. The number of alkyl halides is 3. The number of nitrogens with zero attached hydrogens (tertiary/aromatic N) is 1. The summed E-state index contributed by atoms with van der Waals surface area (Å²) in [4.78, 5) is 27.8. The number of benzene rings is 3. The zero-order valence-corrected chi connectivity index (χ0v) is 16.8. The van der Waals surface area contributed by atoms with Gasteiger partial charge in [0, 0.05) is 5.69 Å². The largest absolute Gasteiger partial charge is 0.573 e. The van der Waals surface area contributed by atoms with Crippen molar-refractivity contribution in [2.75, 3.05) is 10.2 Å². The third-order valence-electron chi connectivity index (χ3n) is 4.86. The average molecular weight is 438 g/mol. The Morgan fingerprint density at radius 3 is 2.06 bits per heavy atom. The highest BCUT2D eigenvalue weighted by Crippen LogP contribution is 2.35. The molecule has 0 bridgehead atoms. The molecule has 0 atom stereocenters. The summed E-state index contributed by atoms with van der Waals surface area (Å²) in [6.45, 7) is 1.79. The van der Waals surface area contributed by atoms with Crippen LogP contribution in [0.2, 0.25) is 0 Å². The van der Waals surface area contributed by atoms with E-state index in [4.69, 9.17) is 0 Å². The highest BCUT2D eigenvalue weighted by atomic mass is 19.4. The maximum absolute atomic E-state index is 13.3. The number of hydrogen-bond donors (Lipinski definition) is 1. The summed E-state index contributed by atoms with van der Waals surface area (Å²) in [7, 11) is 0. The number of nitrogens with one attached hydrogen (secondary N) is 1. The van der Waals surface area contributed by atoms with E-state index in [2.05, 4.69) is 10.1 Å². The van der Waals surface area contributed by atoms with E-state index < -0.39 is 23.9 Å². The molecule has 0 spiro atoms.